The van der Waals surface area contributed by atoms with Gasteiger partial charge < -0.3 is 0 Å². The molecule has 0 radical (unpaired) electrons. The highest BCUT2D eigenvalue weighted by atomic mass is 127. The molecule has 0 saturated heterocycles. The summed E-state index contributed by atoms with van der Waals surface area (Å²) in [6.07, 6.45) is 0. The van der Waals surface area contributed by atoms with Gasteiger partial charge in [-0.3, -0.25) is 0 Å². The monoisotopic (exact) mass is 1890 g/mol. The van der Waals surface area contributed by atoms with Crippen molar-refractivity contribution in [2.45, 2.75) is 0 Å². The Labute approximate surface area is 511 Å². The van der Waals surface area contributed by atoms with E-state index in [1.54, 1.807) is 21.2 Å². The molecule has 0 aliphatic rings. The van der Waals surface area contributed by atoms with E-state index < -0.39 is 91.9 Å². The molecule has 0 aromatic heterocycles. The smallest absolute Gasteiger partial charge is 0.0451 e. The van der Waals surface area contributed by atoms with E-state index in [1.165, 1.54) is 0 Å². The summed E-state index contributed by atoms with van der Waals surface area (Å²) >= 11 is 217. The number of hydrogen-bond acceptors (Lipinski definition) is 36. The van der Waals surface area contributed by atoms with Crippen LogP contribution in [0.2, 0.25) is 0 Å². The van der Waals surface area contributed by atoms with Crippen LogP contribution in [-0.4, -0.2) is 0 Å². The fourth-order valence-electron chi connectivity index (χ4n) is 1.63. The average molecular weight is 1890 g/mol. The van der Waals surface area contributed by atoms with Crippen LogP contribution in [-0.2, 0) is 495 Å². The summed E-state index contributed by atoms with van der Waals surface area (Å²) in [7, 11) is 0. The minimum atomic E-state index is -3.83. The first-order chi connectivity index (χ1) is 23.2. The van der Waals surface area contributed by atoms with Gasteiger partial charge in [0.25, 0.3) is 0 Å². The zero-order valence-corrected chi connectivity index (χ0v) is 70.0. The molecule has 0 nitrogen and oxygen atoms in total. The van der Waals surface area contributed by atoms with Gasteiger partial charge in [0.05, 0.1) is 0 Å². The van der Waals surface area contributed by atoms with Gasteiger partial charge in [0.15, 0.2) is 0 Å². The molecule has 56 heavy (non-hydrogen) atoms. The van der Waals surface area contributed by atoms with Gasteiger partial charge in [-0.1, -0.05) is 11.7 Å². The molecule has 0 heterocycles. The molecule has 0 N–H and O–H groups in total. The fraction of sp³-hybridized carbons (Fsp3) is 0. The van der Waals surface area contributed by atoms with Crippen molar-refractivity contribution in [3.05, 3.63) is 0 Å². The van der Waals surface area contributed by atoms with Gasteiger partial charge in [0, 0.05) is 113 Å². The maximum Gasteiger partial charge on any atom is 0.0451 e. The molecule has 338 valence electrons. The normalized spacial score (nSPS) is 16.8. The lowest BCUT2D eigenvalue weighted by Crippen LogP contribution is -2.39. The molecular weight excluding hydrogens is 1890 g/mol. The van der Waals surface area contributed by atoms with Crippen molar-refractivity contribution in [1.82, 2.24) is 0 Å². The molecule has 0 aliphatic carbocycles. The Morgan fingerprint density at radius 1 is 0.179 bits per heavy atom. The second-order valence-electron chi connectivity index (χ2n) is 7.35. The molecule has 0 unspecified atom stereocenters. The molecule has 0 bridgehead atoms. The van der Waals surface area contributed by atoms with E-state index in [0.717, 1.165) is 0 Å². The van der Waals surface area contributed by atoms with Crippen molar-refractivity contribution < 1.29 is 0 Å². The Hall–Kier alpha value is 15.3. The lowest BCUT2D eigenvalue weighted by molar-refractivity contribution is 4.97. The van der Waals surface area contributed by atoms with Crippen LogP contribution in [0.4, 0.5) is 0 Å². The second kappa shape index (κ2) is 22.2. The Morgan fingerprint density at radius 2 is 0.268 bits per heavy atom. The minimum absolute atomic E-state index is 1.76. The molecular formula is HIS55. The van der Waals surface area contributed by atoms with Crippen molar-refractivity contribution in [3.8, 4) is 0 Å². The third kappa shape index (κ3) is 11.4. The summed E-state index contributed by atoms with van der Waals surface area (Å²) in [5.41, 5.74) is 0. The van der Waals surface area contributed by atoms with Crippen molar-refractivity contribution in [2.24, 2.45) is 0 Å². The van der Waals surface area contributed by atoms with E-state index >= 15 is 0 Å². The largest absolute Gasteiger partial charge is 0.0917 e. The summed E-state index contributed by atoms with van der Waals surface area (Å²) in [4.78, 5) is 0. The Morgan fingerprint density at radius 3 is 0.357 bits per heavy atom. The topological polar surface area (TPSA) is 0 Å². The van der Waals surface area contributed by atoms with Crippen molar-refractivity contribution in [2.75, 3.05) is 0 Å². The van der Waals surface area contributed by atoms with Gasteiger partial charge in [-0.15, -0.1) is 0 Å². The predicted octanol–water partition coefficient (Wildman–Crippen LogP) is 1.14. The first kappa shape index (κ1) is 71.3. The number of thiol groups is 1. The summed E-state index contributed by atoms with van der Waals surface area (Å²) in [5, 5.41) is -60.8. The van der Waals surface area contributed by atoms with Crippen LogP contribution >= 0.6 is 32.9 Å². The van der Waals surface area contributed by atoms with Gasteiger partial charge in [0.1, 0.15) is 0 Å². The van der Waals surface area contributed by atoms with Crippen LogP contribution in [0, 0.1) is 0 Å². The summed E-state index contributed by atoms with van der Waals surface area (Å²) in [6.45, 7) is 0. The van der Waals surface area contributed by atoms with Gasteiger partial charge >= 0.3 is 0 Å². The van der Waals surface area contributed by atoms with Crippen molar-refractivity contribution >= 4 is 528 Å². The molecule has 0 saturated carbocycles. The first-order valence-electron chi connectivity index (χ1n) is 9.17. The first-order valence-corrected chi connectivity index (χ1v) is 84.2. The average Bonchev–Trinajstić information content (AvgIpc) is 2.94. The molecule has 0 fully saturated rings. The summed E-state index contributed by atoms with van der Waals surface area (Å²) < 4.78 is -2.66. The van der Waals surface area contributed by atoms with Gasteiger partial charge in [-0.05, 0) is 403 Å². The molecule has 0 spiro atoms. The molecule has 56 heteroatoms. The van der Waals surface area contributed by atoms with E-state index in [2.05, 4.69) is 11.7 Å². The molecule has 0 rings (SSSR count). The number of halogens is 1. The van der Waals surface area contributed by atoms with E-state index in [9.17, 15) is 0 Å². The third-order valence-corrected chi connectivity index (χ3v) is 352. The van der Waals surface area contributed by atoms with Crippen LogP contribution in [0.5, 0.6) is 0 Å². The van der Waals surface area contributed by atoms with Gasteiger partial charge in [-0.25, -0.2) is 0 Å². The Bertz CT molecular complexity index is 3630. The van der Waals surface area contributed by atoms with Crippen molar-refractivity contribution in [3.63, 3.8) is 0 Å². The Kier molecular flexibility index (Phi) is 28.3. The minimum Gasteiger partial charge on any atom is -0.0917 e. The van der Waals surface area contributed by atoms with Crippen molar-refractivity contribution in [1.29, 1.82) is 0 Å². The standard InChI is InChI=1S/HIS55/c1-39(2,3)41(7,8)43(11,12)45(15,16)47(19,20)49(23,24)51(27,28)53(31,32)55(35,36)56(37,38)54(33,34)52(29,30)50(25,26)48(21,22)46(17,18)44(13,14)42(9,10)40(4,5)6/h(H,4,5,6). The van der Waals surface area contributed by atoms with E-state index in [0.29, 0.717) is 0 Å². The third-order valence-electron chi connectivity index (χ3n) is 4.25. The SMILES string of the molecule is S=S(=S)(S)S(=S)(=S)S(=S)(=S)S(=S)(=S)S(=S)(=S)S(=S)(=S)S(=S)(=S)S(=S)(=S)S(=S)(=S)S(=S)(=S)S(=S)(=S)S(=S)(=S)S(=S)(=S)S(=S)(=S)S(=S)(=S)S(=S)(=S)S(=S)(=S)S(=S)(=S)I. The van der Waals surface area contributed by atoms with E-state index in [4.69, 9.17) is 403 Å². The number of hydrogen-bond donors (Lipinski definition) is 1. The van der Waals surface area contributed by atoms with Crippen LogP contribution in [0.3, 0.4) is 0 Å². The summed E-state index contributed by atoms with van der Waals surface area (Å²) in [6, 6.07) is 0. The maximum absolute atomic E-state index is 6.04. The zero-order valence-electron chi connectivity index (χ0n) is 22.9. The Balaban J connectivity index is 8.44. The van der Waals surface area contributed by atoms with Gasteiger partial charge in [0.2, 0.25) is 0 Å². The van der Waals surface area contributed by atoms with Crippen LogP contribution in [0.15, 0.2) is 0 Å². The quantitative estimate of drug-likeness (QED) is 0.0959. The zero-order chi connectivity index (χ0) is 47.0. The predicted molar refractivity (Wildman–Crippen MR) is 421 cm³/mol. The number of rotatable bonds is 17. The van der Waals surface area contributed by atoms with E-state index in [1.807, 2.05) is 0 Å². The highest BCUT2D eigenvalue weighted by Gasteiger charge is 2.46. The van der Waals surface area contributed by atoms with E-state index in [-0.39, 0.29) is 0 Å². The van der Waals surface area contributed by atoms with Crippen LogP contribution in [0.25, 0.3) is 0 Å². The molecule has 0 amide bonds. The fourth-order valence-corrected chi connectivity index (χ4v) is 406. The molecule has 0 aliphatic heterocycles. The van der Waals surface area contributed by atoms with Crippen LogP contribution in [0.1, 0.15) is 0 Å². The molecule has 0 aromatic rings. The summed E-state index contributed by atoms with van der Waals surface area (Å²) in [5.74, 6) is 0. The second-order valence-corrected chi connectivity index (χ2v) is 205. The molecule has 0 atom stereocenters. The lowest BCUT2D eigenvalue weighted by atomic mass is 29.7. The maximum atomic E-state index is 6.04. The van der Waals surface area contributed by atoms with Gasteiger partial charge in [-0.2, -0.15) is 0 Å². The molecule has 0 aromatic carbocycles. The highest BCUT2D eigenvalue weighted by Crippen LogP contribution is 2.43. The van der Waals surface area contributed by atoms with Crippen LogP contribution < -0.4 is 0 Å². The lowest BCUT2D eigenvalue weighted by Gasteiger charge is -2.36. The highest BCUT2D eigenvalue weighted by molar-refractivity contribution is 14.2.